The Bertz CT molecular complexity index is 569. The Hall–Kier alpha value is -1.11. The predicted molar refractivity (Wildman–Crippen MR) is 73.1 cm³/mol. The van der Waals surface area contributed by atoms with E-state index in [0.29, 0.717) is 5.56 Å². The number of esters is 1. The molecular formula is C12H13IN2O2. The molecule has 0 aliphatic heterocycles. The van der Waals surface area contributed by atoms with Crippen LogP contribution in [0.5, 0.6) is 0 Å². The van der Waals surface area contributed by atoms with Gasteiger partial charge in [0.05, 0.1) is 11.1 Å². The van der Waals surface area contributed by atoms with Crippen molar-refractivity contribution < 1.29 is 9.53 Å². The Balaban J connectivity index is 2.33. The van der Waals surface area contributed by atoms with Gasteiger partial charge in [-0.05, 0) is 55.5 Å². The maximum atomic E-state index is 11.9. The number of nitrogens with zero attached hydrogens (tertiary/aromatic N) is 2. The molecule has 2 rings (SSSR count). The fourth-order valence-electron chi connectivity index (χ4n) is 1.42. The third-order valence-electron chi connectivity index (χ3n) is 2.12. The van der Waals surface area contributed by atoms with Gasteiger partial charge < -0.3 is 9.14 Å². The molecule has 0 saturated heterocycles. The van der Waals surface area contributed by atoms with Gasteiger partial charge in [0, 0.05) is 6.20 Å². The molecule has 0 fully saturated rings. The van der Waals surface area contributed by atoms with Crippen LogP contribution >= 0.6 is 22.6 Å². The number of imidazole rings is 1. The summed E-state index contributed by atoms with van der Waals surface area (Å²) in [6.45, 7) is 5.55. The number of halogens is 1. The van der Waals surface area contributed by atoms with Gasteiger partial charge in [-0.15, -0.1) is 0 Å². The molecule has 2 aromatic heterocycles. The Morgan fingerprint density at radius 3 is 2.76 bits per heavy atom. The number of ether oxygens (including phenoxy) is 1. The van der Waals surface area contributed by atoms with Crippen molar-refractivity contribution in [3.05, 3.63) is 33.9 Å². The number of rotatable bonds is 1. The molecule has 0 unspecified atom stereocenters. The van der Waals surface area contributed by atoms with Gasteiger partial charge in [0.15, 0.2) is 0 Å². The largest absolute Gasteiger partial charge is 0.456 e. The summed E-state index contributed by atoms with van der Waals surface area (Å²) in [6, 6.07) is 3.63. The smallest absolute Gasteiger partial charge is 0.340 e. The van der Waals surface area contributed by atoms with Crippen LogP contribution in [0, 0.1) is 3.70 Å². The molecule has 0 bridgehead atoms. The van der Waals surface area contributed by atoms with E-state index in [4.69, 9.17) is 4.74 Å². The van der Waals surface area contributed by atoms with Crippen molar-refractivity contribution in [1.29, 1.82) is 0 Å². The zero-order valence-corrected chi connectivity index (χ0v) is 12.1. The molecule has 2 heterocycles. The maximum absolute atomic E-state index is 11.9. The summed E-state index contributed by atoms with van der Waals surface area (Å²) in [5, 5.41) is 0. The van der Waals surface area contributed by atoms with Gasteiger partial charge >= 0.3 is 5.97 Å². The molecular weight excluding hydrogens is 331 g/mol. The lowest BCUT2D eigenvalue weighted by Gasteiger charge is -2.19. The molecule has 0 N–H and O–H groups in total. The SMILES string of the molecule is CC(C)(C)OC(=O)c1ccc2c(I)ncn2c1. The van der Waals surface area contributed by atoms with Gasteiger partial charge in [-0.25, -0.2) is 9.78 Å². The van der Waals surface area contributed by atoms with E-state index in [1.807, 2.05) is 31.2 Å². The second kappa shape index (κ2) is 4.29. The lowest BCUT2D eigenvalue weighted by Crippen LogP contribution is -2.24. The zero-order valence-electron chi connectivity index (χ0n) is 9.90. The van der Waals surface area contributed by atoms with Crippen LogP contribution in [0.25, 0.3) is 5.52 Å². The van der Waals surface area contributed by atoms with Crippen molar-refractivity contribution in [2.75, 3.05) is 0 Å². The molecule has 0 spiro atoms. The van der Waals surface area contributed by atoms with E-state index < -0.39 is 5.60 Å². The first kappa shape index (κ1) is 12.3. The van der Waals surface area contributed by atoms with Crippen LogP contribution in [0.2, 0.25) is 0 Å². The summed E-state index contributed by atoms with van der Waals surface area (Å²) in [5.41, 5.74) is 1.04. The summed E-state index contributed by atoms with van der Waals surface area (Å²) in [4.78, 5) is 16.0. The number of aromatic nitrogens is 2. The normalized spacial score (nSPS) is 11.8. The average molecular weight is 344 g/mol. The summed E-state index contributed by atoms with van der Waals surface area (Å²) in [6.07, 6.45) is 3.42. The molecule has 0 atom stereocenters. The highest BCUT2D eigenvalue weighted by atomic mass is 127. The molecule has 0 aliphatic rings. The van der Waals surface area contributed by atoms with Crippen molar-refractivity contribution in [2.45, 2.75) is 26.4 Å². The van der Waals surface area contributed by atoms with Crippen molar-refractivity contribution in [3.8, 4) is 0 Å². The Morgan fingerprint density at radius 1 is 1.41 bits per heavy atom. The molecule has 0 radical (unpaired) electrons. The molecule has 5 heteroatoms. The van der Waals surface area contributed by atoms with Crippen LogP contribution in [0.1, 0.15) is 31.1 Å². The van der Waals surface area contributed by atoms with Gasteiger partial charge in [0.1, 0.15) is 15.6 Å². The Kier molecular flexibility index (Phi) is 3.11. The minimum atomic E-state index is -0.477. The summed E-state index contributed by atoms with van der Waals surface area (Å²) < 4.78 is 8.04. The number of carbonyl (C=O) groups excluding carboxylic acids is 1. The zero-order chi connectivity index (χ0) is 12.6. The minimum absolute atomic E-state index is 0.317. The van der Waals surface area contributed by atoms with E-state index >= 15 is 0 Å². The monoisotopic (exact) mass is 344 g/mol. The van der Waals surface area contributed by atoms with Gasteiger partial charge in [0.25, 0.3) is 0 Å². The molecule has 0 aliphatic carbocycles. The highest BCUT2D eigenvalue weighted by molar-refractivity contribution is 14.1. The van der Waals surface area contributed by atoms with Crippen LogP contribution in [0.4, 0.5) is 0 Å². The molecule has 90 valence electrons. The molecule has 0 aromatic carbocycles. The van der Waals surface area contributed by atoms with E-state index in [-0.39, 0.29) is 5.97 Å². The predicted octanol–water partition coefficient (Wildman–Crippen LogP) is 2.89. The Morgan fingerprint density at radius 2 is 2.12 bits per heavy atom. The standard InChI is InChI=1S/C12H13IN2O2/c1-12(2,3)17-11(16)8-4-5-9-10(13)14-7-15(9)6-8/h4-7H,1-3H3. The second-order valence-electron chi connectivity index (χ2n) is 4.75. The summed E-state index contributed by atoms with van der Waals surface area (Å²) in [7, 11) is 0. The van der Waals surface area contributed by atoms with Crippen molar-refractivity contribution in [2.24, 2.45) is 0 Å². The van der Waals surface area contributed by atoms with Crippen LogP contribution in [0.15, 0.2) is 24.7 Å². The van der Waals surface area contributed by atoms with Crippen LogP contribution in [-0.2, 0) is 4.74 Å². The third kappa shape index (κ3) is 2.77. The van der Waals surface area contributed by atoms with Gasteiger partial charge in [0.2, 0.25) is 0 Å². The van der Waals surface area contributed by atoms with Crippen molar-refractivity contribution >= 4 is 34.1 Å². The highest BCUT2D eigenvalue weighted by Gasteiger charge is 2.18. The summed E-state index contributed by atoms with van der Waals surface area (Å²) in [5.74, 6) is -0.317. The third-order valence-corrected chi connectivity index (χ3v) is 2.95. The number of pyridine rings is 1. The first-order valence-corrected chi connectivity index (χ1v) is 6.30. The maximum Gasteiger partial charge on any atom is 0.340 e. The molecule has 0 amide bonds. The van der Waals surface area contributed by atoms with E-state index in [1.54, 1.807) is 18.6 Å². The van der Waals surface area contributed by atoms with E-state index in [0.717, 1.165) is 9.22 Å². The quantitative estimate of drug-likeness (QED) is 0.590. The number of carbonyl (C=O) groups is 1. The lowest BCUT2D eigenvalue weighted by atomic mass is 10.2. The van der Waals surface area contributed by atoms with Gasteiger partial charge in [-0.2, -0.15) is 0 Å². The number of fused-ring (bicyclic) bond motifs is 1. The van der Waals surface area contributed by atoms with Crippen LogP contribution < -0.4 is 0 Å². The van der Waals surface area contributed by atoms with Gasteiger partial charge in [-0.3, -0.25) is 0 Å². The topological polar surface area (TPSA) is 43.6 Å². The van der Waals surface area contributed by atoms with E-state index in [9.17, 15) is 4.79 Å². The van der Waals surface area contributed by atoms with Gasteiger partial charge in [-0.1, -0.05) is 0 Å². The second-order valence-corrected chi connectivity index (χ2v) is 5.77. The number of hydrogen-bond acceptors (Lipinski definition) is 3. The molecule has 17 heavy (non-hydrogen) atoms. The Labute approximate surface area is 113 Å². The number of hydrogen-bond donors (Lipinski definition) is 0. The first-order chi connectivity index (χ1) is 7.87. The van der Waals surface area contributed by atoms with Crippen molar-refractivity contribution in [3.63, 3.8) is 0 Å². The van der Waals surface area contributed by atoms with E-state index in [1.165, 1.54) is 0 Å². The highest BCUT2D eigenvalue weighted by Crippen LogP contribution is 2.16. The fraction of sp³-hybridized carbons (Fsp3) is 0.333. The first-order valence-electron chi connectivity index (χ1n) is 5.22. The minimum Gasteiger partial charge on any atom is -0.456 e. The lowest BCUT2D eigenvalue weighted by molar-refractivity contribution is 0.00690. The fourth-order valence-corrected chi connectivity index (χ4v) is 2.01. The molecule has 0 saturated carbocycles. The average Bonchev–Trinajstić information content (AvgIpc) is 2.57. The van der Waals surface area contributed by atoms with Crippen molar-refractivity contribution in [1.82, 2.24) is 9.38 Å². The van der Waals surface area contributed by atoms with Crippen LogP contribution in [0.3, 0.4) is 0 Å². The van der Waals surface area contributed by atoms with Crippen LogP contribution in [-0.4, -0.2) is 21.0 Å². The summed E-state index contributed by atoms with van der Waals surface area (Å²) >= 11 is 2.16. The molecule has 4 nitrogen and oxygen atoms in total. The molecule has 2 aromatic rings. The van der Waals surface area contributed by atoms with E-state index in [2.05, 4.69) is 27.6 Å².